The van der Waals surface area contributed by atoms with E-state index in [0.717, 1.165) is 17.7 Å². The zero-order chi connectivity index (χ0) is 21.1. The van der Waals surface area contributed by atoms with Gasteiger partial charge in [0.2, 0.25) is 0 Å². The third-order valence-corrected chi connectivity index (χ3v) is 4.75. The van der Waals surface area contributed by atoms with Crippen LogP contribution >= 0.6 is 0 Å². The Kier molecular flexibility index (Phi) is 5.42. The zero-order valence-electron chi connectivity index (χ0n) is 16.9. The lowest BCUT2D eigenvalue weighted by atomic mass is 10.2. The van der Waals surface area contributed by atoms with Crippen LogP contribution in [0.25, 0.3) is 22.6 Å². The molecule has 154 valence electrons. The van der Waals surface area contributed by atoms with Gasteiger partial charge >= 0.3 is 5.69 Å². The minimum atomic E-state index is -0.341. The van der Waals surface area contributed by atoms with E-state index in [1.54, 1.807) is 23.2 Å². The Morgan fingerprint density at radius 1 is 1.00 bits per heavy atom. The smallest absolute Gasteiger partial charge is 0.332 e. The van der Waals surface area contributed by atoms with Crippen LogP contribution in [0.4, 0.5) is 11.5 Å². The van der Waals surface area contributed by atoms with Crippen molar-refractivity contribution in [3.05, 3.63) is 63.7 Å². The molecule has 0 fully saturated rings. The van der Waals surface area contributed by atoms with Crippen LogP contribution in [0, 0.1) is 0 Å². The Hall–Kier alpha value is -3.75. The highest BCUT2D eigenvalue weighted by molar-refractivity contribution is 5.75. The molecule has 0 saturated carbocycles. The van der Waals surface area contributed by atoms with Gasteiger partial charge in [-0.05, 0) is 37.1 Å². The summed E-state index contributed by atoms with van der Waals surface area (Å²) in [6.07, 6.45) is 6.54. The lowest BCUT2D eigenvalue weighted by Crippen LogP contribution is -2.40. The lowest BCUT2D eigenvalue weighted by molar-refractivity contribution is 0.555. The normalized spacial score (nSPS) is 11.1. The van der Waals surface area contributed by atoms with Crippen molar-refractivity contribution in [1.29, 1.82) is 0 Å². The first-order valence-corrected chi connectivity index (χ1v) is 9.99. The summed E-state index contributed by atoms with van der Waals surface area (Å²) in [5, 5.41) is 3.19. The number of hydrogen-bond donors (Lipinski definition) is 2. The molecule has 4 aromatic rings. The van der Waals surface area contributed by atoms with Gasteiger partial charge in [0.15, 0.2) is 5.65 Å². The molecule has 0 aliphatic rings. The summed E-state index contributed by atoms with van der Waals surface area (Å²) in [5.74, 6) is 1.18. The summed E-state index contributed by atoms with van der Waals surface area (Å²) in [6, 6.07) is 7.39. The molecule has 0 aliphatic carbocycles. The van der Waals surface area contributed by atoms with Gasteiger partial charge in [-0.3, -0.25) is 18.9 Å². The number of fused-ring (bicyclic) bond motifs is 1. The van der Waals surface area contributed by atoms with E-state index in [0.29, 0.717) is 42.3 Å². The number of nitrogens with zero attached hydrogens (tertiary/aromatic N) is 5. The molecule has 0 radical (unpaired) electrons. The Bertz CT molecular complexity index is 1270. The topological polar surface area (TPSA) is 110 Å². The van der Waals surface area contributed by atoms with Crippen LogP contribution in [0.5, 0.6) is 0 Å². The molecule has 0 unspecified atom stereocenters. The number of aromatic nitrogens is 6. The molecule has 0 atom stereocenters. The molecule has 0 aliphatic heterocycles. The molecular weight excluding hydrogens is 382 g/mol. The highest BCUT2D eigenvalue weighted by Gasteiger charge is 2.17. The van der Waals surface area contributed by atoms with Crippen molar-refractivity contribution < 1.29 is 0 Å². The van der Waals surface area contributed by atoms with Gasteiger partial charge in [-0.1, -0.05) is 13.8 Å². The van der Waals surface area contributed by atoms with Gasteiger partial charge in [-0.2, -0.15) is 0 Å². The third-order valence-electron chi connectivity index (χ3n) is 4.75. The fraction of sp³-hybridized carbons (Fsp3) is 0.286. The van der Waals surface area contributed by atoms with Crippen molar-refractivity contribution in [3.63, 3.8) is 0 Å². The summed E-state index contributed by atoms with van der Waals surface area (Å²) in [6.45, 7) is 4.80. The van der Waals surface area contributed by atoms with E-state index in [-0.39, 0.29) is 11.2 Å². The number of aryl methyl sites for hydroxylation is 1. The van der Waals surface area contributed by atoms with Gasteiger partial charge in [0.25, 0.3) is 5.56 Å². The van der Waals surface area contributed by atoms with Crippen molar-refractivity contribution in [3.8, 4) is 11.4 Å². The third kappa shape index (κ3) is 3.61. The van der Waals surface area contributed by atoms with Crippen LogP contribution < -0.4 is 16.6 Å². The standard InChI is InChI=1S/C21H23N7O2/c1-3-11-27-19-17(20(29)28(12-4-2)21(27)30)25-18(26-19)14-5-6-16(23-13-14)24-15-7-9-22-10-8-15/h5-10,13H,3-4,11-12H2,1-2H3,(H,25,26)(H,22,23,24). The van der Waals surface area contributed by atoms with Gasteiger partial charge < -0.3 is 10.3 Å². The molecule has 0 saturated heterocycles. The van der Waals surface area contributed by atoms with Gasteiger partial charge in [-0.15, -0.1) is 0 Å². The molecule has 0 spiro atoms. The largest absolute Gasteiger partial charge is 0.340 e. The number of anilines is 2. The summed E-state index contributed by atoms with van der Waals surface area (Å²) in [4.78, 5) is 41.7. The van der Waals surface area contributed by atoms with Crippen LogP contribution in [-0.2, 0) is 13.1 Å². The summed E-state index contributed by atoms with van der Waals surface area (Å²) in [5.41, 5.74) is 1.67. The van der Waals surface area contributed by atoms with E-state index in [9.17, 15) is 9.59 Å². The van der Waals surface area contributed by atoms with E-state index in [2.05, 4.69) is 25.3 Å². The number of pyridine rings is 2. The Balaban J connectivity index is 1.74. The second kappa shape index (κ2) is 8.32. The molecule has 4 heterocycles. The molecule has 9 heteroatoms. The van der Waals surface area contributed by atoms with E-state index < -0.39 is 0 Å². The van der Waals surface area contributed by atoms with Crippen molar-refractivity contribution in [2.24, 2.45) is 0 Å². The molecule has 0 bridgehead atoms. The fourth-order valence-electron chi connectivity index (χ4n) is 3.34. The first-order chi connectivity index (χ1) is 14.6. The number of rotatable bonds is 7. The first kappa shape index (κ1) is 19.6. The predicted octanol–water partition coefficient (Wildman–Crippen LogP) is 2.91. The minimum absolute atomic E-state index is 0.315. The monoisotopic (exact) mass is 405 g/mol. The van der Waals surface area contributed by atoms with Crippen molar-refractivity contribution in [2.45, 2.75) is 39.8 Å². The molecule has 2 N–H and O–H groups in total. The van der Waals surface area contributed by atoms with E-state index in [1.807, 2.05) is 38.1 Å². The Morgan fingerprint density at radius 3 is 2.40 bits per heavy atom. The maximum atomic E-state index is 12.8. The summed E-state index contributed by atoms with van der Waals surface area (Å²) < 4.78 is 2.85. The van der Waals surface area contributed by atoms with Gasteiger partial charge in [0.1, 0.15) is 17.2 Å². The first-order valence-electron chi connectivity index (χ1n) is 9.99. The van der Waals surface area contributed by atoms with Gasteiger partial charge in [0.05, 0.1) is 0 Å². The molecule has 0 aromatic carbocycles. The average Bonchev–Trinajstić information content (AvgIpc) is 3.21. The summed E-state index contributed by atoms with van der Waals surface area (Å²) >= 11 is 0. The summed E-state index contributed by atoms with van der Waals surface area (Å²) in [7, 11) is 0. The lowest BCUT2D eigenvalue weighted by Gasteiger charge is -2.09. The number of aromatic amines is 1. The number of hydrogen-bond acceptors (Lipinski definition) is 6. The maximum Gasteiger partial charge on any atom is 0.332 e. The molecular formula is C21H23N7O2. The number of imidazole rings is 1. The van der Waals surface area contributed by atoms with Crippen LogP contribution in [0.3, 0.4) is 0 Å². The highest BCUT2D eigenvalue weighted by atomic mass is 16.2. The highest BCUT2D eigenvalue weighted by Crippen LogP contribution is 2.20. The molecule has 0 amide bonds. The zero-order valence-corrected chi connectivity index (χ0v) is 16.9. The van der Waals surface area contributed by atoms with Crippen molar-refractivity contribution >= 4 is 22.7 Å². The molecule has 30 heavy (non-hydrogen) atoms. The Labute approximate surface area is 172 Å². The van der Waals surface area contributed by atoms with E-state index in [4.69, 9.17) is 0 Å². The average molecular weight is 405 g/mol. The van der Waals surface area contributed by atoms with Crippen LogP contribution in [-0.4, -0.2) is 29.1 Å². The van der Waals surface area contributed by atoms with E-state index >= 15 is 0 Å². The van der Waals surface area contributed by atoms with Crippen molar-refractivity contribution in [2.75, 3.05) is 5.32 Å². The number of nitrogens with one attached hydrogen (secondary N) is 2. The van der Waals surface area contributed by atoms with Crippen LogP contribution in [0.15, 0.2) is 52.4 Å². The minimum Gasteiger partial charge on any atom is -0.340 e. The number of H-pyrrole nitrogens is 1. The predicted molar refractivity (Wildman–Crippen MR) is 116 cm³/mol. The molecule has 9 nitrogen and oxygen atoms in total. The van der Waals surface area contributed by atoms with Crippen LogP contribution in [0.2, 0.25) is 0 Å². The van der Waals surface area contributed by atoms with Crippen molar-refractivity contribution in [1.82, 2.24) is 29.1 Å². The quantitative estimate of drug-likeness (QED) is 0.489. The fourth-order valence-corrected chi connectivity index (χ4v) is 3.34. The van der Waals surface area contributed by atoms with E-state index in [1.165, 1.54) is 4.57 Å². The van der Waals surface area contributed by atoms with Crippen LogP contribution in [0.1, 0.15) is 26.7 Å². The molecule has 4 aromatic heterocycles. The second-order valence-corrected chi connectivity index (χ2v) is 6.97. The SMILES string of the molecule is CCCn1c(=O)c2[nH]c(-c3ccc(Nc4ccncc4)nc3)nc2n(CCC)c1=O. The Morgan fingerprint density at radius 2 is 1.73 bits per heavy atom. The van der Waals surface area contributed by atoms with Gasteiger partial charge in [0, 0.05) is 42.9 Å². The molecule has 4 rings (SSSR count). The second-order valence-electron chi connectivity index (χ2n) is 6.97. The van der Waals surface area contributed by atoms with Gasteiger partial charge in [-0.25, -0.2) is 14.8 Å². The maximum absolute atomic E-state index is 12.8.